The molecule has 3 heterocycles. The molecule has 7 aromatic rings. The molecule has 46 heavy (non-hydrogen) atoms. The summed E-state index contributed by atoms with van der Waals surface area (Å²) in [5, 5.41) is 7.02. The van der Waals surface area contributed by atoms with Crippen LogP contribution in [0, 0.1) is 39.8 Å². The van der Waals surface area contributed by atoms with E-state index in [1.54, 1.807) is 0 Å². The normalized spacial score (nSPS) is 11.3. The van der Waals surface area contributed by atoms with E-state index in [9.17, 15) is 0 Å². The number of aryl methyl sites for hydroxylation is 1. The third kappa shape index (κ3) is 5.37. The molecule has 0 unspecified atom stereocenters. The van der Waals surface area contributed by atoms with Gasteiger partial charge in [-0.25, -0.2) is 4.98 Å². The molecule has 0 bridgehead atoms. The molecule has 0 spiro atoms. The molecular formula is C40H36N4OPt. The van der Waals surface area contributed by atoms with Crippen molar-refractivity contribution in [3.05, 3.63) is 131 Å². The molecule has 232 valence electrons. The van der Waals surface area contributed by atoms with Crippen LogP contribution in [0.2, 0.25) is 0 Å². The molecule has 7 rings (SSSR count). The molecule has 0 amide bonds. The number of para-hydroxylation sites is 1. The van der Waals surface area contributed by atoms with Crippen molar-refractivity contribution >= 4 is 21.8 Å². The molecule has 0 fully saturated rings. The molecule has 0 radical (unpaired) electrons. The molecule has 5 nitrogen and oxygen atoms in total. The minimum atomic E-state index is 0. The summed E-state index contributed by atoms with van der Waals surface area (Å²) in [4.78, 5) is 4.69. The van der Waals surface area contributed by atoms with Crippen LogP contribution in [0.5, 0.6) is 11.5 Å². The second kappa shape index (κ2) is 12.7. The van der Waals surface area contributed by atoms with Gasteiger partial charge in [0, 0.05) is 35.0 Å². The van der Waals surface area contributed by atoms with Gasteiger partial charge in [-0.05, 0) is 109 Å². The molecule has 0 saturated heterocycles. The molecule has 0 N–H and O–H groups in total. The first-order chi connectivity index (χ1) is 21.9. The Bertz CT molecular complexity index is 2190. The molecule has 4 aromatic carbocycles. The Morgan fingerprint density at radius 2 is 1.50 bits per heavy atom. The third-order valence-electron chi connectivity index (χ3n) is 9.12. The van der Waals surface area contributed by atoms with E-state index in [0.717, 1.165) is 57.3 Å². The van der Waals surface area contributed by atoms with Crippen molar-refractivity contribution in [2.24, 2.45) is 0 Å². The zero-order chi connectivity index (χ0) is 31.2. The number of nitrogens with zero attached hydrogens (tertiary/aromatic N) is 4. The van der Waals surface area contributed by atoms with Crippen molar-refractivity contribution < 1.29 is 25.8 Å². The average molecular weight is 784 g/mol. The van der Waals surface area contributed by atoms with Crippen LogP contribution in [-0.4, -0.2) is 19.3 Å². The summed E-state index contributed by atoms with van der Waals surface area (Å²) in [5.74, 6) is 2.07. The molecule has 0 aliphatic rings. The second-order valence-electron chi connectivity index (χ2n) is 11.7. The van der Waals surface area contributed by atoms with Gasteiger partial charge in [-0.1, -0.05) is 37.6 Å². The Hall–Kier alpha value is -4.47. The van der Waals surface area contributed by atoms with E-state index in [1.165, 1.54) is 33.4 Å². The third-order valence-corrected chi connectivity index (χ3v) is 9.12. The van der Waals surface area contributed by atoms with Crippen LogP contribution < -0.4 is 4.74 Å². The van der Waals surface area contributed by atoms with E-state index in [4.69, 9.17) is 9.84 Å². The number of ether oxygens (including phenoxy) is 1. The van der Waals surface area contributed by atoms with Crippen LogP contribution >= 0.6 is 0 Å². The molecular weight excluding hydrogens is 748 g/mol. The van der Waals surface area contributed by atoms with Gasteiger partial charge in [0.25, 0.3) is 0 Å². The van der Waals surface area contributed by atoms with Crippen molar-refractivity contribution in [1.29, 1.82) is 0 Å². The van der Waals surface area contributed by atoms with E-state index < -0.39 is 0 Å². The fourth-order valence-electron chi connectivity index (χ4n) is 6.67. The maximum Gasteiger partial charge on any atom is 2.00 e. The molecule has 0 atom stereocenters. The predicted molar refractivity (Wildman–Crippen MR) is 183 cm³/mol. The van der Waals surface area contributed by atoms with E-state index in [0.29, 0.717) is 11.5 Å². The summed E-state index contributed by atoms with van der Waals surface area (Å²) in [6, 6.07) is 29.4. The predicted octanol–water partition coefficient (Wildman–Crippen LogP) is 9.78. The zero-order valence-electron chi connectivity index (χ0n) is 27.0. The van der Waals surface area contributed by atoms with E-state index in [-0.39, 0.29) is 21.1 Å². The van der Waals surface area contributed by atoms with Gasteiger partial charge in [-0.3, -0.25) is 4.68 Å². The van der Waals surface area contributed by atoms with Crippen molar-refractivity contribution in [3.63, 3.8) is 0 Å². The largest absolute Gasteiger partial charge is 2.00 e. The second-order valence-corrected chi connectivity index (χ2v) is 11.7. The summed E-state index contributed by atoms with van der Waals surface area (Å²) >= 11 is 0. The van der Waals surface area contributed by atoms with Crippen LogP contribution in [0.4, 0.5) is 0 Å². The van der Waals surface area contributed by atoms with Crippen molar-refractivity contribution in [2.45, 2.75) is 54.4 Å². The van der Waals surface area contributed by atoms with E-state index in [1.807, 2.05) is 47.4 Å². The van der Waals surface area contributed by atoms with Gasteiger partial charge in [-0.15, -0.1) is 35.7 Å². The number of hydrogen-bond donors (Lipinski definition) is 0. The monoisotopic (exact) mass is 783 g/mol. The van der Waals surface area contributed by atoms with Crippen molar-refractivity contribution in [2.75, 3.05) is 0 Å². The fraction of sp³-hybridized carbons (Fsp3) is 0.200. The standard InChI is InChI=1S/C40H36N4O.Pt/c1-7-33-27(5)26(4)28(6)34(8-2)40(33)29-23-42-43(24-29)30-12-11-13-31(21-30)45-32-16-17-36-35-14-9-10-15-37(35)44(38(36)22-32)39-20-25(3)18-19-41-39;/h9-20,23-24H,7-8H2,1-6H3;/q-2;+2. The van der Waals surface area contributed by atoms with Crippen molar-refractivity contribution in [1.82, 2.24) is 19.3 Å². The summed E-state index contributed by atoms with van der Waals surface area (Å²) in [5.41, 5.74) is 13.4. The number of rotatable bonds is 7. The number of pyridine rings is 1. The van der Waals surface area contributed by atoms with Crippen LogP contribution in [0.15, 0.2) is 85.3 Å². The summed E-state index contributed by atoms with van der Waals surface area (Å²) in [6.45, 7) is 13.3. The Morgan fingerprint density at radius 1 is 0.761 bits per heavy atom. The Labute approximate surface area is 285 Å². The van der Waals surface area contributed by atoms with Gasteiger partial charge in [0.15, 0.2) is 0 Å². The smallest absolute Gasteiger partial charge is 0.509 e. The Morgan fingerprint density at radius 3 is 2.24 bits per heavy atom. The van der Waals surface area contributed by atoms with E-state index in [2.05, 4.69) is 106 Å². The summed E-state index contributed by atoms with van der Waals surface area (Å²) in [7, 11) is 0. The number of fused-ring (bicyclic) bond motifs is 3. The number of aromatic nitrogens is 4. The SMILES string of the molecule is CCc1c(C)c(C)c(C)c(CC)c1-c1cnn(-c2[c-]c(Oc3[c-]c4c(cc3)c3ccccc3n4-c3cc(C)ccn3)ccc2)c1.[Pt+2]. The van der Waals surface area contributed by atoms with Gasteiger partial charge in [0.1, 0.15) is 5.82 Å². The maximum atomic E-state index is 6.38. The maximum absolute atomic E-state index is 6.38. The zero-order valence-corrected chi connectivity index (χ0v) is 29.3. The van der Waals surface area contributed by atoms with Crippen LogP contribution in [-0.2, 0) is 33.9 Å². The van der Waals surface area contributed by atoms with Crippen LogP contribution in [0.25, 0.3) is 44.4 Å². The Kier molecular flexibility index (Phi) is 8.72. The molecule has 0 aliphatic heterocycles. The average Bonchev–Trinajstić information content (AvgIpc) is 3.67. The number of benzene rings is 4. The van der Waals surface area contributed by atoms with Gasteiger partial charge < -0.3 is 9.30 Å². The summed E-state index contributed by atoms with van der Waals surface area (Å²) < 4.78 is 10.4. The first-order valence-electron chi connectivity index (χ1n) is 15.6. The fourth-order valence-corrected chi connectivity index (χ4v) is 6.67. The van der Waals surface area contributed by atoms with Crippen molar-refractivity contribution in [3.8, 4) is 34.1 Å². The van der Waals surface area contributed by atoms with Crippen LogP contribution in [0.1, 0.15) is 47.2 Å². The topological polar surface area (TPSA) is 44.9 Å². The van der Waals surface area contributed by atoms with Gasteiger partial charge >= 0.3 is 21.1 Å². The molecule has 6 heteroatoms. The first-order valence-corrected chi connectivity index (χ1v) is 15.6. The van der Waals surface area contributed by atoms with Gasteiger partial charge in [0.2, 0.25) is 0 Å². The number of hydrogen-bond acceptors (Lipinski definition) is 3. The quantitative estimate of drug-likeness (QED) is 0.151. The summed E-state index contributed by atoms with van der Waals surface area (Å²) in [6.07, 6.45) is 7.90. The Balaban J connectivity index is 0.00000372. The molecule has 0 saturated carbocycles. The van der Waals surface area contributed by atoms with E-state index >= 15 is 0 Å². The molecule has 3 aromatic heterocycles. The first kappa shape index (κ1) is 31.5. The van der Waals surface area contributed by atoms with Crippen LogP contribution in [0.3, 0.4) is 0 Å². The molecule has 0 aliphatic carbocycles. The minimum Gasteiger partial charge on any atom is -0.509 e. The van der Waals surface area contributed by atoms with Gasteiger partial charge in [0.05, 0.1) is 6.20 Å². The van der Waals surface area contributed by atoms with Gasteiger partial charge in [-0.2, -0.15) is 17.2 Å². The minimum absolute atomic E-state index is 0.